The van der Waals surface area contributed by atoms with E-state index in [4.69, 9.17) is 14.6 Å². The summed E-state index contributed by atoms with van der Waals surface area (Å²) < 4.78 is 5.60. The average Bonchev–Trinajstić information content (AvgIpc) is 3.46. The number of amides is 4. The molecule has 14 heteroatoms. The third-order valence-electron chi connectivity index (χ3n) is 6.52. The molecule has 2 rings (SSSR count). The topological polar surface area (TPSA) is 216 Å². The first-order valence-electron chi connectivity index (χ1n) is 13.5. The van der Waals surface area contributed by atoms with E-state index in [0.717, 1.165) is 19.3 Å². The lowest BCUT2D eigenvalue weighted by Crippen LogP contribution is -2.47. The van der Waals surface area contributed by atoms with Gasteiger partial charge in [0.25, 0.3) is 11.8 Å². The zero-order valence-corrected chi connectivity index (χ0v) is 23.4. The number of carboxylic acid groups (broad SMARTS) is 2. The van der Waals surface area contributed by atoms with Crippen molar-refractivity contribution in [2.45, 2.75) is 64.5 Å². The Morgan fingerprint density at radius 3 is 2.36 bits per heavy atom. The van der Waals surface area contributed by atoms with Crippen LogP contribution in [-0.4, -0.2) is 75.3 Å². The molecule has 0 saturated carbocycles. The van der Waals surface area contributed by atoms with Crippen LogP contribution in [-0.2, 0) is 19.2 Å². The van der Waals surface area contributed by atoms with Crippen LogP contribution < -0.4 is 16.0 Å². The number of nitrogens with zero attached hydrogens (tertiary/aromatic N) is 1. The second-order valence-electron chi connectivity index (χ2n) is 9.49. The Bertz CT molecular complexity index is 1260. The minimum atomic E-state index is -1.62. The van der Waals surface area contributed by atoms with Gasteiger partial charge in [-0.1, -0.05) is 45.2 Å². The van der Waals surface area contributed by atoms with E-state index in [-0.39, 0.29) is 30.2 Å². The summed E-state index contributed by atoms with van der Waals surface area (Å²) in [6.45, 7) is 3.53. The first-order valence-corrected chi connectivity index (χ1v) is 13.5. The fourth-order valence-electron chi connectivity index (χ4n) is 4.32. The third kappa shape index (κ3) is 9.73. The van der Waals surface area contributed by atoms with Crippen molar-refractivity contribution in [3.8, 4) is 11.3 Å². The summed E-state index contributed by atoms with van der Waals surface area (Å²) >= 11 is 0. The highest BCUT2D eigenvalue weighted by atomic mass is 16.5. The molecule has 0 radical (unpaired) electrons. The van der Waals surface area contributed by atoms with Crippen LogP contribution in [0.25, 0.3) is 11.3 Å². The molecule has 0 bridgehead atoms. The molecule has 1 aromatic heterocycles. The number of nitrogens with one attached hydrogen (secondary N) is 3. The van der Waals surface area contributed by atoms with E-state index in [2.05, 4.69) is 16.0 Å². The Labute approximate surface area is 242 Å². The number of rotatable bonds is 18. The molecule has 42 heavy (non-hydrogen) atoms. The number of aliphatic carboxylic acids is 2. The van der Waals surface area contributed by atoms with Crippen molar-refractivity contribution in [3.63, 3.8) is 0 Å². The first kappa shape index (κ1) is 33.5. The quantitative estimate of drug-likeness (QED) is 0.0491. The Balaban J connectivity index is 2.03. The van der Waals surface area contributed by atoms with Crippen molar-refractivity contribution in [2.24, 2.45) is 5.92 Å². The summed E-state index contributed by atoms with van der Waals surface area (Å²) in [5, 5.41) is 35.7. The maximum absolute atomic E-state index is 12.9. The van der Waals surface area contributed by atoms with E-state index in [9.17, 15) is 34.0 Å². The second kappa shape index (κ2) is 16.5. The highest BCUT2D eigenvalue weighted by Crippen LogP contribution is 2.24. The Kier molecular flexibility index (Phi) is 13.2. The Morgan fingerprint density at radius 2 is 1.74 bits per heavy atom. The van der Waals surface area contributed by atoms with Crippen LogP contribution >= 0.6 is 0 Å². The van der Waals surface area contributed by atoms with Crippen molar-refractivity contribution in [1.29, 1.82) is 0 Å². The molecule has 6 N–H and O–H groups in total. The van der Waals surface area contributed by atoms with E-state index in [1.165, 1.54) is 30.3 Å². The highest BCUT2D eigenvalue weighted by Gasteiger charge is 2.30. The van der Waals surface area contributed by atoms with Crippen molar-refractivity contribution < 1.29 is 48.6 Å². The number of benzene rings is 1. The van der Waals surface area contributed by atoms with E-state index >= 15 is 0 Å². The van der Waals surface area contributed by atoms with Gasteiger partial charge < -0.3 is 30.6 Å². The molecule has 228 valence electrons. The van der Waals surface area contributed by atoms with Gasteiger partial charge in [0.1, 0.15) is 11.8 Å². The minimum absolute atomic E-state index is 0.0455. The number of carboxylic acids is 2. The molecule has 14 nitrogen and oxygen atoms in total. The molecule has 0 aliphatic carbocycles. The molecule has 2 aromatic rings. The molecule has 0 spiro atoms. The van der Waals surface area contributed by atoms with Crippen LogP contribution in [0.2, 0.25) is 0 Å². The van der Waals surface area contributed by atoms with Gasteiger partial charge >= 0.3 is 11.9 Å². The lowest BCUT2D eigenvalue weighted by molar-refractivity contribution is -0.168. The number of unbranched alkanes of at least 4 members (excludes halogenated alkanes) is 2. The van der Waals surface area contributed by atoms with E-state index < -0.39 is 54.1 Å². The molecular formula is C28H36N4O10. The highest BCUT2D eigenvalue weighted by molar-refractivity contribution is 5.98. The number of furan rings is 1. The van der Waals surface area contributed by atoms with E-state index in [1.807, 2.05) is 6.92 Å². The van der Waals surface area contributed by atoms with Gasteiger partial charge in [-0.2, -0.15) is 0 Å². The monoisotopic (exact) mass is 588 g/mol. The van der Waals surface area contributed by atoms with Gasteiger partial charge in [-0.05, 0) is 37.1 Å². The van der Waals surface area contributed by atoms with E-state index in [0.29, 0.717) is 23.5 Å². The largest absolute Gasteiger partial charge is 0.481 e. The normalized spacial score (nSPS) is 12.8. The fourth-order valence-corrected chi connectivity index (χ4v) is 4.32. The van der Waals surface area contributed by atoms with Gasteiger partial charge in [-0.15, -0.1) is 0 Å². The molecule has 1 heterocycles. The summed E-state index contributed by atoms with van der Waals surface area (Å²) in [7, 11) is 0. The lowest BCUT2D eigenvalue weighted by Gasteiger charge is -2.29. The molecule has 1 aromatic carbocycles. The van der Waals surface area contributed by atoms with Crippen LogP contribution in [0.15, 0.2) is 40.8 Å². The lowest BCUT2D eigenvalue weighted by atomic mass is 9.90. The van der Waals surface area contributed by atoms with Gasteiger partial charge in [0.15, 0.2) is 5.76 Å². The van der Waals surface area contributed by atoms with Gasteiger partial charge in [0.05, 0.1) is 25.0 Å². The summed E-state index contributed by atoms with van der Waals surface area (Å²) in [5.74, 6) is -5.29. The van der Waals surface area contributed by atoms with Gasteiger partial charge in [0, 0.05) is 11.1 Å². The molecule has 0 saturated heterocycles. The predicted octanol–water partition coefficient (Wildman–Crippen LogP) is 2.23. The van der Waals surface area contributed by atoms with Gasteiger partial charge in [0.2, 0.25) is 12.3 Å². The maximum Gasteiger partial charge on any atom is 0.326 e. The molecule has 0 aliphatic rings. The van der Waals surface area contributed by atoms with Crippen LogP contribution in [0.5, 0.6) is 0 Å². The molecule has 3 atom stereocenters. The van der Waals surface area contributed by atoms with Crippen molar-refractivity contribution >= 4 is 36.1 Å². The smallest absolute Gasteiger partial charge is 0.326 e. The number of hydroxylamine groups is 2. The first-order chi connectivity index (χ1) is 20.0. The van der Waals surface area contributed by atoms with Gasteiger partial charge in [-0.25, -0.2) is 9.86 Å². The van der Waals surface area contributed by atoms with Gasteiger partial charge in [-0.3, -0.25) is 29.2 Å². The van der Waals surface area contributed by atoms with Crippen LogP contribution in [0.3, 0.4) is 0 Å². The van der Waals surface area contributed by atoms with Crippen LogP contribution in [0.1, 0.15) is 73.3 Å². The molecule has 0 unspecified atom stereocenters. The third-order valence-corrected chi connectivity index (χ3v) is 6.52. The zero-order valence-electron chi connectivity index (χ0n) is 23.4. The Morgan fingerprint density at radius 1 is 1.00 bits per heavy atom. The summed E-state index contributed by atoms with van der Waals surface area (Å²) in [5.41, 5.74) is 0.438. The van der Waals surface area contributed by atoms with Crippen molar-refractivity contribution in [3.05, 3.63) is 47.7 Å². The number of hydrogen-bond donors (Lipinski definition) is 6. The summed E-state index contributed by atoms with van der Waals surface area (Å²) in [6.07, 6.45) is 2.81. The predicted molar refractivity (Wildman–Crippen MR) is 147 cm³/mol. The number of hydrogen-bond acceptors (Lipinski definition) is 8. The van der Waals surface area contributed by atoms with Crippen molar-refractivity contribution in [2.75, 3.05) is 6.67 Å². The van der Waals surface area contributed by atoms with Crippen LogP contribution in [0, 0.1) is 5.92 Å². The molecular weight excluding hydrogens is 552 g/mol. The summed E-state index contributed by atoms with van der Waals surface area (Å²) in [6, 6.07) is 6.44. The minimum Gasteiger partial charge on any atom is -0.481 e. The average molecular weight is 589 g/mol. The zero-order chi connectivity index (χ0) is 31.2. The van der Waals surface area contributed by atoms with E-state index in [1.54, 1.807) is 13.0 Å². The standard InChI is InChI=1S/C28H36N4O10/c1-3-5-6-10-19(21(4-2)32(41)16-33)26(37)29-15-30-27(38)23-12-11-22(42-23)17-8-7-9-18(13-17)25(36)31-20(28(39)40)14-24(34)35/h7-9,11-13,16,19-21,41H,3-6,10,14-15H2,1-2H3,(H,29,37)(H,30,38)(H,31,36)(H,34,35)(H,39,40)/t19-,20+,21-/m1/s1. The summed E-state index contributed by atoms with van der Waals surface area (Å²) in [4.78, 5) is 71.3. The Hall–Kier alpha value is -4.72. The van der Waals surface area contributed by atoms with Crippen LogP contribution in [0.4, 0.5) is 0 Å². The maximum atomic E-state index is 12.9. The number of carbonyl (C=O) groups is 6. The fraction of sp³-hybridized carbons (Fsp3) is 0.429. The molecule has 0 fully saturated rings. The SMILES string of the molecule is CCCCC[C@@H](C(=O)NCNC(=O)c1ccc(-c2cccc(C(=O)N[C@@H](CC(=O)O)C(=O)O)c2)o1)[C@@H](CC)N(O)C=O. The second-order valence-corrected chi connectivity index (χ2v) is 9.49. The van der Waals surface area contributed by atoms with Crippen molar-refractivity contribution in [1.82, 2.24) is 21.0 Å². The number of carbonyl (C=O) groups excluding carboxylic acids is 4. The molecule has 4 amide bonds. The molecule has 0 aliphatic heterocycles.